The highest BCUT2D eigenvalue weighted by Crippen LogP contribution is 2.19. The molecular formula is C13H16N2O2S. The molecule has 0 saturated heterocycles. The topological polar surface area (TPSA) is 58.2 Å². The molecule has 1 aromatic carbocycles. The zero-order valence-corrected chi connectivity index (χ0v) is 11.0. The lowest BCUT2D eigenvalue weighted by Gasteiger charge is -2.08. The van der Waals surface area contributed by atoms with Gasteiger partial charge in [-0.15, -0.1) is 11.8 Å². The monoisotopic (exact) mass is 264 g/mol. The second-order valence-electron chi connectivity index (χ2n) is 4.22. The number of carbonyl (C=O) groups is 2. The Bertz CT molecular complexity index is 458. The molecule has 0 bridgehead atoms. The minimum absolute atomic E-state index is 0.0397. The third-order valence-electron chi connectivity index (χ3n) is 2.70. The molecule has 5 heteroatoms. The van der Waals surface area contributed by atoms with Gasteiger partial charge in [0.25, 0.3) is 5.91 Å². The van der Waals surface area contributed by atoms with E-state index in [1.165, 1.54) is 11.8 Å². The Balaban J connectivity index is 1.88. The van der Waals surface area contributed by atoms with Crippen molar-refractivity contribution in [3.05, 3.63) is 29.8 Å². The van der Waals surface area contributed by atoms with Crippen LogP contribution in [-0.2, 0) is 4.79 Å². The summed E-state index contributed by atoms with van der Waals surface area (Å²) in [5.74, 6) is -0.321. The molecule has 2 N–H and O–H groups in total. The smallest absolute Gasteiger partial charge is 0.252 e. The molecule has 0 atom stereocenters. The Morgan fingerprint density at radius 3 is 2.72 bits per heavy atom. The van der Waals surface area contributed by atoms with Crippen molar-refractivity contribution < 1.29 is 9.59 Å². The largest absolute Gasteiger partial charge is 0.352 e. The van der Waals surface area contributed by atoms with E-state index in [1.807, 2.05) is 24.5 Å². The molecule has 1 aliphatic carbocycles. The van der Waals surface area contributed by atoms with E-state index in [1.54, 1.807) is 6.07 Å². The summed E-state index contributed by atoms with van der Waals surface area (Å²) < 4.78 is 0. The molecule has 18 heavy (non-hydrogen) atoms. The van der Waals surface area contributed by atoms with Gasteiger partial charge in [0.15, 0.2) is 0 Å². The minimum atomic E-state index is -0.203. The molecular weight excluding hydrogens is 248 g/mol. The predicted octanol–water partition coefficient (Wildman–Crippen LogP) is 1.42. The van der Waals surface area contributed by atoms with E-state index in [9.17, 15) is 9.59 Å². The maximum atomic E-state index is 11.9. The summed E-state index contributed by atoms with van der Waals surface area (Å²) in [5.41, 5.74) is 0.615. The zero-order valence-electron chi connectivity index (χ0n) is 10.2. The van der Waals surface area contributed by atoms with E-state index in [2.05, 4.69) is 10.6 Å². The van der Waals surface area contributed by atoms with Gasteiger partial charge in [-0.2, -0.15) is 0 Å². The molecule has 2 amide bonds. The van der Waals surface area contributed by atoms with Crippen molar-refractivity contribution >= 4 is 23.6 Å². The average molecular weight is 264 g/mol. The standard InChI is InChI=1S/C13H16N2O2S/c1-18-11-5-3-2-4-10(11)13(17)14-8-12(16)15-9-6-7-9/h2-5,9H,6-8H2,1H3,(H,14,17)(H,15,16). The van der Waals surface area contributed by atoms with E-state index >= 15 is 0 Å². The van der Waals surface area contributed by atoms with Crippen LogP contribution >= 0.6 is 11.8 Å². The fourth-order valence-corrected chi connectivity index (χ4v) is 2.19. The number of amides is 2. The van der Waals surface area contributed by atoms with Crippen molar-refractivity contribution in [1.82, 2.24) is 10.6 Å². The van der Waals surface area contributed by atoms with Crippen LogP contribution in [0.3, 0.4) is 0 Å². The summed E-state index contributed by atoms with van der Waals surface area (Å²) in [4.78, 5) is 24.3. The summed E-state index contributed by atoms with van der Waals surface area (Å²) >= 11 is 1.52. The fourth-order valence-electron chi connectivity index (χ4n) is 1.59. The lowest BCUT2D eigenvalue weighted by Crippen LogP contribution is -2.37. The summed E-state index contributed by atoms with van der Waals surface area (Å²) in [6, 6.07) is 7.69. The van der Waals surface area contributed by atoms with Crippen molar-refractivity contribution in [3.63, 3.8) is 0 Å². The lowest BCUT2D eigenvalue weighted by atomic mass is 10.2. The van der Waals surface area contributed by atoms with Crippen LogP contribution in [0, 0.1) is 0 Å². The third kappa shape index (κ3) is 3.50. The van der Waals surface area contributed by atoms with Crippen molar-refractivity contribution in [2.45, 2.75) is 23.8 Å². The van der Waals surface area contributed by atoms with Crippen molar-refractivity contribution in [3.8, 4) is 0 Å². The van der Waals surface area contributed by atoms with Crippen molar-refractivity contribution in [2.75, 3.05) is 12.8 Å². The van der Waals surface area contributed by atoms with Gasteiger partial charge in [-0.1, -0.05) is 12.1 Å². The van der Waals surface area contributed by atoms with E-state index < -0.39 is 0 Å². The number of nitrogens with one attached hydrogen (secondary N) is 2. The van der Waals surface area contributed by atoms with E-state index in [4.69, 9.17) is 0 Å². The van der Waals surface area contributed by atoms with Crippen LogP contribution in [0.2, 0.25) is 0 Å². The van der Waals surface area contributed by atoms with Crippen LogP contribution < -0.4 is 10.6 Å². The minimum Gasteiger partial charge on any atom is -0.352 e. The first-order valence-electron chi connectivity index (χ1n) is 5.91. The highest BCUT2D eigenvalue weighted by atomic mass is 32.2. The van der Waals surface area contributed by atoms with E-state index in [0.717, 1.165) is 17.7 Å². The summed E-state index contributed by atoms with van der Waals surface area (Å²) in [5, 5.41) is 5.47. The third-order valence-corrected chi connectivity index (χ3v) is 3.50. The van der Waals surface area contributed by atoms with Gasteiger partial charge in [0.1, 0.15) is 0 Å². The number of carbonyl (C=O) groups excluding carboxylic acids is 2. The molecule has 1 saturated carbocycles. The van der Waals surface area contributed by atoms with Gasteiger partial charge in [-0.05, 0) is 31.2 Å². The van der Waals surface area contributed by atoms with Gasteiger partial charge in [0.2, 0.25) is 5.91 Å². The lowest BCUT2D eigenvalue weighted by molar-refractivity contribution is -0.120. The van der Waals surface area contributed by atoms with Crippen LogP contribution in [-0.4, -0.2) is 30.7 Å². The number of benzene rings is 1. The van der Waals surface area contributed by atoms with Gasteiger partial charge < -0.3 is 10.6 Å². The molecule has 0 aromatic heterocycles. The molecule has 2 rings (SSSR count). The molecule has 0 unspecified atom stereocenters. The Kier molecular flexibility index (Phi) is 4.25. The number of rotatable bonds is 5. The second kappa shape index (κ2) is 5.91. The zero-order chi connectivity index (χ0) is 13.0. The maximum absolute atomic E-state index is 11.9. The van der Waals surface area contributed by atoms with E-state index in [0.29, 0.717) is 11.6 Å². The number of hydrogen-bond donors (Lipinski definition) is 2. The van der Waals surface area contributed by atoms with Crippen LogP contribution in [0.4, 0.5) is 0 Å². The normalized spacial score (nSPS) is 14.1. The molecule has 0 heterocycles. The van der Waals surface area contributed by atoms with Gasteiger partial charge in [-0.25, -0.2) is 0 Å². The Morgan fingerprint density at radius 2 is 2.06 bits per heavy atom. The predicted molar refractivity (Wildman–Crippen MR) is 71.7 cm³/mol. The Labute approximate surface area is 111 Å². The first-order valence-corrected chi connectivity index (χ1v) is 7.13. The SMILES string of the molecule is CSc1ccccc1C(=O)NCC(=O)NC1CC1. The highest BCUT2D eigenvalue weighted by Gasteiger charge is 2.23. The molecule has 4 nitrogen and oxygen atoms in total. The molecule has 0 aliphatic heterocycles. The molecule has 1 aromatic rings. The number of hydrogen-bond acceptors (Lipinski definition) is 3. The molecule has 96 valence electrons. The molecule has 0 spiro atoms. The first-order chi connectivity index (χ1) is 8.70. The maximum Gasteiger partial charge on any atom is 0.252 e. The molecule has 1 fully saturated rings. The molecule has 0 radical (unpaired) electrons. The van der Waals surface area contributed by atoms with Crippen LogP contribution in [0.25, 0.3) is 0 Å². The van der Waals surface area contributed by atoms with Crippen LogP contribution in [0.15, 0.2) is 29.2 Å². The van der Waals surface area contributed by atoms with Gasteiger partial charge >= 0.3 is 0 Å². The fraction of sp³-hybridized carbons (Fsp3) is 0.385. The van der Waals surface area contributed by atoms with Crippen LogP contribution in [0.5, 0.6) is 0 Å². The molecule has 1 aliphatic rings. The average Bonchev–Trinajstić information content (AvgIpc) is 3.19. The summed E-state index contributed by atoms with van der Waals surface area (Å²) in [7, 11) is 0. The summed E-state index contributed by atoms with van der Waals surface area (Å²) in [6.07, 6.45) is 4.02. The Hall–Kier alpha value is -1.49. The highest BCUT2D eigenvalue weighted by molar-refractivity contribution is 7.98. The van der Waals surface area contributed by atoms with Gasteiger partial charge in [-0.3, -0.25) is 9.59 Å². The van der Waals surface area contributed by atoms with Crippen molar-refractivity contribution in [1.29, 1.82) is 0 Å². The van der Waals surface area contributed by atoms with Gasteiger partial charge in [0.05, 0.1) is 12.1 Å². The number of thioether (sulfide) groups is 1. The van der Waals surface area contributed by atoms with Gasteiger partial charge in [0, 0.05) is 10.9 Å². The van der Waals surface area contributed by atoms with Crippen molar-refractivity contribution in [2.24, 2.45) is 0 Å². The first kappa shape index (κ1) is 13.0. The quantitative estimate of drug-likeness (QED) is 0.791. The van der Waals surface area contributed by atoms with Crippen LogP contribution in [0.1, 0.15) is 23.2 Å². The Morgan fingerprint density at radius 1 is 1.33 bits per heavy atom. The van der Waals surface area contributed by atoms with E-state index in [-0.39, 0.29) is 18.4 Å². The summed E-state index contributed by atoms with van der Waals surface area (Å²) in [6.45, 7) is 0.0397. The second-order valence-corrected chi connectivity index (χ2v) is 5.07.